The lowest BCUT2D eigenvalue weighted by molar-refractivity contribution is 0.397. The lowest BCUT2D eigenvalue weighted by Crippen LogP contribution is -2.12. The van der Waals surface area contributed by atoms with Crippen molar-refractivity contribution in [2.75, 3.05) is 12.9 Å². The van der Waals surface area contributed by atoms with Gasteiger partial charge in [0, 0.05) is 5.25 Å². The molecule has 3 heteroatoms. The quantitative estimate of drug-likeness (QED) is 0.544. The van der Waals surface area contributed by atoms with Gasteiger partial charge in [0.05, 0.1) is 12.9 Å². The molecule has 1 aliphatic rings. The van der Waals surface area contributed by atoms with E-state index in [1.54, 1.807) is 7.11 Å². The first-order valence-electron chi connectivity index (χ1n) is 4.56. The third-order valence-electron chi connectivity index (χ3n) is 2.25. The van der Waals surface area contributed by atoms with Crippen LogP contribution in [0, 0.1) is 5.41 Å². The molecule has 1 saturated carbocycles. The van der Waals surface area contributed by atoms with Crippen molar-refractivity contribution in [1.29, 1.82) is 5.41 Å². The molecule has 1 fully saturated rings. The summed E-state index contributed by atoms with van der Waals surface area (Å²) in [5.74, 6) is 1.16. The first-order chi connectivity index (χ1) is 5.83. The summed E-state index contributed by atoms with van der Waals surface area (Å²) in [5.41, 5.74) is 0. The Labute approximate surface area is 78.6 Å². The van der Waals surface area contributed by atoms with Crippen LogP contribution in [0.25, 0.3) is 0 Å². The first kappa shape index (κ1) is 9.90. The number of thioether (sulfide) groups is 1. The molecule has 0 spiro atoms. The summed E-state index contributed by atoms with van der Waals surface area (Å²) in [4.78, 5) is 0. The van der Waals surface area contributed by atoms with Crippen molar-refractivity contribution >= 4 is 17.7 Å². The Morgan fingerprint density at radius 2 is 2.08 bits per heavy atom. The lowest BCUT2D eigenvalue weighted by Gasteiger charge is -2.20. The predicted molar refractivity (Wildman–Crippen MR) is 54.1 cm³/mol. The maximum Gasteiger partial charge on any atom is 0.190 e. The normalized spacial score (nSPS) is 19.1. The van der Waals surface area contributed by atoms with Crippen molar-refractivity contribution in [3.8, 4) is 0 Å². The lowest BCUT2D eigenvalue weighted by atomic mass is 10.0. The molecule has 1 rings (SSSR count). The van der Waals surface area contributed by atoms with Crippen molar-refractivity contribution in [3.63, 3.8) is 0 Å². The van der Waals surface area contributed by atoms with Crippen molar-refractivity contribution in [2.24, 2.45) is 0 Å². The van der Waals surface area contributed by atoms with Crippen LogP contribution in [0.3, 0.4) is 0 Å². The molecular weight excluding hydrogens is 170 g/mol. The fraction of sp³-hybridized carbons (Fsp3) is 0.889. The zero-order chi connectivity index (χ0) is 8.81. The Hall–Kier alpha value is -0.180. The fourth-order valence-electron chi connectivity index (χ4n) is 1.48. The molecule has 0 radical (unpaired) electrons. The van der Waals surface area contributed by atoms with E-state index in [1.807, 2.05) is 11.8 Å². The van der Waals surface area contributed by atoms with Gasteiger partial charge in [-0.15, -0.1) is 11.8 Å². The minimum absolute atomic E-state index is 0.408. The van der Waals surface area contributed by atoms with Crippen LogP contribution in [0.5, 0.6) is 0 Å². The third kappa shape index (κ3) is 3.48. The van der Waals surface area contributed by atoms with Crippen LogP contribution < -0.4 is 0 Å². The Morgan fingerprint density at radius 1 is 1.42 bits per heavy atom. The molecule has 2 nitrogen and oxygen atoms in total. The Kier molecular flexibility index (Phi) is 4.51. The standard InChI is InChI=1S/C9H17NOS/c1-11-9(10)7-12-8-5-3-2-4-6-8/h8,10H,2-7H2,1H3. The average Bonchev–Trinajstić information content (AvgIpc) is 2.16. The molecule has 0 aromatic rings. The van der Waals surface area contributed by atoms with E-state index in [0.717, 1.165) is 11.0 Å². The first-order valence-corrected chi connectivity index (χ1v) is 5.61. The Morgan fingerprint density at radius 3 is 2.67 bits per heavy atom. The summed E-state index contributed by atoms with van der Waals surface area (Å²) in [6.07, 6.45) is 6.82. The van der Waals surface area contributed by atoms with Crippen LogP contribution in [-0.4, -0.2) is 24.0 Å². The Balaban J connectivity index is 2.09. The van der Waals surface area contributed by atoms with Gasteiger partial charge in [-0.05, 0) is 12.8 Å². The highest BCUT2D eigenvalue weighted by Gasteiger charge is 2.13. The zero-order valence-corrected chi connectivity index (χ0v) is 8.45. The number of hydrogen-bond acceptors (Lipinski definition) is 3. The molecule has 0 aromatic heterocycles. The highest BCUT2D eigenvalue weighted by Crippen LogP contribution is 2.27. The molecule has 0 saturated heterocycles. The molecule has 0 heterocycles. The maximum absolute atomic E-state index is 7.31. The number of nitrogens with one attached hydrogen (secondary N) is 1. The topological polar surface area (TPSA) is 33.1 Å². The van der Waals surface area contributed by atoms with Crippen LogP contribution in [0.15, 0.2) is 0 Å². The molecule has 1 aliphatic carbocycles. The molecular formula is C9H17NOS. The summed E-state index contributed by atoms with van der Waals surface area (Å²) >= 11 is 1.88. The van der Waals surface area contributed by atoms with Gasteiger partial charge < -0.3 is 4.74 Å². The second-order valence-electron chi connectivity index (χ2n) is 3.20. The van der Waals surface area contributed by atoms with Gasteiger partial charge in [0.15, 0.2) is 5.90 Å². The van der Waals surface area contributed by atoms with E-state index < -0.39 is 0 Å². The SMILES string of the molecule is COC(=N)CSC1CCCCC1. The van der Waals surface area contributed by atoms with E-state index in [9.17, 15) is 0 Å². The van der Waals surface area contributed by atoms with Gasteiger partial charge >= 0.3 is 0 Å². The van der Waals surface area contributed by atoms with Crippen molar-refractivity contribution < 1.29 is 4.74 Å². The van der Waals surface area contributed by atoms with Gasteiger partial charge in [-0.25, -0.2) is 0 Å². The van der Waals surface area contributed by atoms with Crippen molar-refractivity contribution in [3.05, 3.63) is 0 Å². The molecule has 1 N–H and O–H groups in total. The number of ether oxygens (including phenoxy) is 1. The van der Waals surface area contributed by atoms with Crippen molar-refractivity contribution in [2.45, 2.75) is 37.4 Å². The molecule has 0 atom stereocenters. The van der Waals surface area contributed by atoms with Crippen LogP contribution in [-0.2, 0) is 4.74 Å². The maximum atomic E-state index is 7.31. The number of hydrogen-bond donors (Lipinski definition) is 1. The second kappa shape index (κ2) is 5.46. The molecule has 0 amide bonds. The Bertz CT molecular complexity index is 143. The highest BCUT2D eigenvalue weighted by atomic mass is 32.2. The van der Waals surface area contributed by atoms with E-state index in [2.05, 4.69) is 0 Å². The summed E-state index contributed by atoms with van der Waals surface area (Å²) in [7, 11) is 1.57. The molecule has 0 bridgehead atoms. The summed E-state index contributed by atoms with van der Waals surface area (Å²) in [6, 6.07) is 0. The molecule has 12 heavy (non-hydrogen) atoms. The average molecular weight is 187 g/mol. The van der Waals surface area contributed by atoms with E-state index in [1.165, 1.54) is 32.1 Å². The van der Waals surface area contributed by atoms with Gasteiger partial charge in [0.2, 0.25) is 0 Å². The van der Waals surface area contributed by atoms with E-state index in [4.69, 9.17) is 10.1 Å². The largest absolute Gasteiger partial charge is 0.484 e. The molecule has 0 unspecified atom stereocenters. The van der Waals surface area contributed by atoms with E-state index in [0.29, 0.717) is 5.90 Å². The van der Waals surface area contributed by atoms with Gasteiger partial charge in [-0.2, -0.15) is 0 Å². The van der Waals surface area contributed by atoms with Crippen LogP contribution in [0.2, 0.25) is 0 Å². The summed E-state index contributed by atoms with van der Waals surface area (Å²) in [5, 5.41) is 8.10. The van der Waals surface area contributed by atoms with Crippen LogP contribution >= 0.6 is 11.8 Å². The van der Waals surface area contributed by atoms with Crippen molar-refractivity contribution in [1.82, 2.24) is 0 Å². The minimum atomic E-state index is 0.408. The molecule has 70 valence electrons. The van der Waals surface area contributed by atoms with Gasteiger partial charge in [0.1, 0.15) is 0 Å². The number of rotatable bonds is 3. The highest BCUT2D eigenvalue weighted by molar-refractivity contribution is 8.00. The van der Waals surface area contributed by atoms with Crippen LogP contribution in [0.1, 0.15) is 32.1 Å². The minimum Gasteiger partial charge on any atom is -0.484 e. The molecule has 0 aromatic carbocycles. The molecule has 0 aliphatic heterocycles. The van der Waals surface area contributed by atoms with Gasteiger partial charge in [-0.3, -0.25) is 5.41 Å². The van der Waals surface area contributed by atoms with Crippen LogP contribution in [0.4, 0.5) is 0 Å². The second-order valence-corrected chi connectivity index (χ2v) is 4.49. The van der Waals surface area contributed by atoms with E-state index in [-0.39, 0.29) is 0 Å². The van der Waals surface area contributed by atoms with Gasteiger partial charge in [-0.1, -0.05) is 19.3 Å². The fourth-order valence-corrected chi connectivity index (χ4v) is 2.66. The number of methoxy groups -OCH3 is 1. The van der Waals surface area contributed by atoms with E-state index >= 15 is 0 Å². The monoisotopic (exact) mass is 187 g/mol. The van der Waals surface area contributed by atoms with Gasteiger partial charge in [0.25, 0.3) is 0 Å². The summed E-state index contributed by atoms with van der Waals surface area (Å²) in [6.45, 7) is 0. The predicted octanol–water partition coefficient (Wildman–Crippen LogP) is 2.68. The zero-order valence-electron chi connectivity index (χ0n) is 7.64. The summed E-state index contributed by atoms with van der Waals surface area (Å²) < 4.78 is 4.80. The third-order valence-corrected chi connectivity index (χ3v) is 3.62. The smallest absolute Gasteiger partial charge is 0.190 e.